The summed E-state index contributed by atoms with van der Waals surface area (Å²) in [5.74, 6) is 0.0802. The van der Waals surface area contributed by atoms with Crippen LogP contribution in [-0.2, 0) is 0 Å². The van der Waals surface area contributed by atoms with E-state index in [4.69, 9.17) is 17.3 Å². The SMILES string of the molecule is Cc1nc(Cl)nc(Nc2cccc(F)c2C)c1N. The molecule has 6 heteroatoms. The van der Waals surface area contributed by atoms with E-state index in [0.717, 1.165) is 0 Å². The Morgan fingerprint density at radius 3 is 2.72 bits per heavy atom. The monoisotopic (exact) mass is 266 g/mol. The Morgan fingerprint density at radius 1 is 1.28 bits per heavy atom. The Bertz CT molecular complexity index is 601. The van der Waals surface area contributed by atoms with Crippen LogP contribution >= 0.6 is 11.6 Å². The summed E-state index contributed by atoms with van der Waals surface area (Å²) >= 11 is 5.77. The first kappa shape index (κ1) is 12.6. The number of nitrogens with one attached hydrogen (secondary N) is 1. The third-order valence-corrected chi connectivity index (χ3v) is 2.80. The van der Waals surface area contributed by atoms with Crippen molar-refractivity contribution in [3.8, 4) is 0 Å². The number of hydrogen-bond acceptors (Lipinski definition) is 4. The molecular weight excluding hydrogens is 255 g/mol. The molecule has 0 aliphatic carbocycles. The smallest absolute Gasteiger partial charge is 0.224 e. The highest BCUT2D eigenvalue weighted by Gasteiger charge is 2.10. The number of nitrogens with two attached hydrogens (primary N) is 1. The molecule has 0 bridgehead atoms. The summed E-state index contributed by atoms with van der Waals surface area (Å²) in [6.07, 6.45) is 0. The summed E-state index contributed by atoms with van der Waals surface area (Å²) in [6.45, 7) is 3.40. The number of nitrogen functional groups attached to an aromatic ring is 1. The third-order valence-electron chi connectivity index (χ3n) is 2.63. The lowest BCUT2D eigenvalue weighted by molar-refractivity contribution is 0.619. The predicted molar refractivity (Wildman–Crippen MR) is 70.6 cm³/mol. The fourth-order valence-corrected chi connectivity index (χ4v) is 1.72. The van der Waals surface area contributed by atoms with Gasteiger partial charge in [-0.1, -0.05) is 6.07 Å². The minimum Gasteiger partial charge on any atom is -0.394 e. The van der Waals surface area contributed by atoms with Gasteiger partial charge >= 0.3 is 0 Å². The zero-order valence-corrected chi connectivity index (χ0v) is 10.7. The summed E-state index contributed by atoms with van der Waals surface area (Å²) in [6, 6.07) is 4.74. The van der Waals surface area contributed by atoms with Gasteiger partial charge in [0.2, 0.25) is 5.28 Å². The molecule has 2 rings (SSSR count). The molecule has 2 aromatic rings. The van der Waals surface area contributed by atoms with E-state index >= 15 is 0 Å². The number of benzene rings is 1. The first-order valence-electron chi connectivity index (χ1n) is 5.31. The van der Waals surface area contributed by atoms with E-state index in [1.165, 1.54) is 6.07 Å². The molecule has 0 saturated heterocycles. The lowest BCUT2D eigenvalue weighted by atomic mass is 10.2. The second-order valence-electron chi connectivity index (χ2n) is 3.88. The van der Waals surface area contributed by atoms with Gasteiger partial charge in [0.1, 0.15) is 5.82 Å². The molecule has 0 radical (unpaired) electrons. The Balaban J connectivity index is 2.43. The Labute approximate surface area is 109 Å². The van der Waals surface area contributed by atoms with Crippen molar-refractivity contribution in [2.45, 2.75) is 13.8 Å². The molecule has 18 heavy (non-hydrogen) atoms. The van der Waals surface area contributed by atoms with Gasteiger partial charge < -0.3 is 11.1 Å². The second-order valence-corrected chi connectivity index (χ2v) is 4.22. The topological polar surface area (TPSA) is 63.8 Å². The van der Waals surface area contributed by atoms with Crippen molar-refractivity contribution in [2.75, 3.05) is 11.1 Å². The van der Waals surface area contributed by atoms with Crippen molar-refractivity contribution >= 4 is 28.8 Å². The quantitative estimate of drug-likeness (QED) is 0.819. The van der Waals surface area contributed by atoms with Crippen molar-refractivity contribution in [1.29, 1.82) is 0 Å². The van der Waals surface area contributed by atoms with Crippen molar-refractivity contribution in [2.24, 2.45) is 0 Å². The standard InChI is InChI=1S/C12H12ClFN4/c1-6-8(14)4-3-5-9(6)17-11-10(15)7(2)16-12(13)18-11/h3-5H,15H2,1-2H3,(H,16,17,18). The number of anilines is 3. The maximum atomic E-state index is 13.4. The largest absolute Gasteiger partial charge is 0.394 e. The maximum Gasteiger partial charge on any atom is 0.224 e. The molecule has 0 fully saturated rings. The average Bonchev–Trinajstić information content (AvgIpc) is 2.31. The highest BCUT2D eigenvalue weighted by Crippen LogP contribution is 2.27. The number of rotatable bonds is 2. The summed E-state index contributed by atoms with van der Waals surface area (Å²) in [5, 5.41) is 3.06. The van der Waals surface area contributed by atoms with Crippen molar-refractivity contribution in [3.05, 3.63) is 40.6 Å². The lowest BCUT2D eigenvalue weighted by Crippen LogP contribution is -2.05. The van der Waals surface area contributed by atoms with Crippen LogP contribution in [0.5, 0.6) is 0 Å². The van der Waals surface area contributed by atoms with Gasteiger partial charge in [0.15, 0.2) is 5.82 Å². The van der Waals surface area contributed by atoms with Gasteiger partial charge in [0.05, 0.1) is 11.4 Å². The molecule has 0 aliphatic rings. The molecule has 0 unspecified atom stereocenters. The molecule has 1 heterocycles. The van der Waals surface area contributed by atoms with Crippen LogP contribution in [0.15, 0.2) is 18.2 Å². The summed E-state index contributed by atoms with van der Waals surface area (Å²) < 4.78 is 13.4. The zero-order valence-electron chi connectivity index (χ0n) is 9.96. The lowest BCUT2D eigenvalue weighted by Gasteiger charge is -2.12. The average molecular weight is 267 g/mol. The second kappa shape index (κ2) is 4.78. The highest BCUT2D eigenvalue weighted by molar-refractivity contribution is 6.28. The molecule has 94 valence electrons. The zero-order chi connectivity index (χ0) is 13.3. The fourth-order valence-electron chi connectivity index (χ4n) is 1.51. The van der Waals surface area contributed by atoms with Gasteiger partial charge in [-0.3, -0.25) is 0 Å². The Hall–Kier alpha value is -1.88. The van der Waals surface area contributed by atoms with Crippen LogP contribution in [0.2, 0.25) is 5.28 Å². The van der Waals surface area contributed by atoms with E-state index in [-0.39, 0.29) is 11.1 Å². The number of hydrogen-bond donors (Lipinski definition) is 2. The van der Waals surface area contributed by atoms with E-state index in [0.29, 0.717) is 28.5 Å². The van der Waals surface area contributed by atoms with Crippen LogP contribution in [-0.4, -0.2) is 9.97 Å². The molecule has 3 N–H and O–H groups in total. The van der Waals surface area contributed by atoms with E-state index < -0.39 is 0 Å². The first-order valence-corrected chi connectivity index (χ1v) is 5.68. The van der Waals surface area contributed by atoms with E-state index in [9.17, 15) is 4.39 Å². The van der Waals surface area contributed by atoms with Gasteiger partial charge in [-0.05, 0) is 37.6 Å². The number of halogens is 2. The molecule has 1 aromatic carbocycles. The highest BCUT2D eigenvalue weighted by atomic mass is 35.5. The molecule has 4 nitrogen and oxygen atoms in total. The van der Waals surface area contributed by atoms with Crippen LogP contribution in [0, 0.1) is 19.7 Å². The van der Waals surface area contributed by atoms with Gasteiger partial charge in [0, 0.05) is 11.3 Å². The maximum absolute atomic E-state index is 13.4. The molecule has 0 saturated carbocycles. The van der Waals surface area contributed by atoms with E-state index in [2.05, 4.69) is 15.3 Å². The van der Waals surface area contributed by atoms with Gasteiger partial charge in [0.25, 0.3) is 0 Å². The summed E-state index contributed by atoms with van der Waals surface area (Å²) in [7, 11) is 0. The first-order chi connectivity index (χ1) is 8.49. The van der Waals surface area contributed by atoms with Crippen LogP contribution in [0.1, 0.15) is 11.3 Å². The number of aromatic nitrogens is 2. The fraction of sp³-hybridized carbons (Fsp3) is 0.167. The summed E-state index contributed by atoms with van der Waals surface area (Å²) in [5.41, 5.74) is 7.90. The molecular formula is C12H12ClFN4. The van der Waals surface area contributed by atoms with Crippen LogP contribution in [0.3, 0.4) is 0 Å². The van der Waals surface area contributed by atoms with E-state index in [1.54, 1.807) is 26.0 Å². The van der Waals surface area contributed by atoms with Crippen LogP contribution in [0.4, 0.5) is 21.6 Å². The minimum atomic E-state index is -0.296. The minimum absolute atomic E-state index is 0.0956. The Kier molecular flexibility index (Phi) is 3.34. The molecule has 1 aromatic heterocycles. The van der Waals surface area contributed by atoms with Crippen molar-refractivity contribution in [1.82, 2.24) is 9.97 Å². The van der Waals surface area contributed by atoms with Gasteiger partial charge in [-0.25, -0.2) is 9.37 Å². The molecule has 0 amide bonds. The number of aryl methyl sites for hydroxylation is 1. The predicted octanol–water partition coefficient (Wildman–Crippen LogP) is 3.21. The molecule has 0 aliphatic heterocycles. The summed E-state index contributed by atoms with van der Waals surface area (Å²) in [4.78, 5) is 7.93. The van der Waals surface area contributed by atoms with Crippen LogP contribution in [0.25, 0.3) is 0 Å². The molecule has 0 atom stereocenters. The van der Waals surface area contributed by atoms with Crippen molar-refractivity contribution in [3.63, 3.8) is 0 Å². The molecule has 0 spiro atoms. The van der Waals surface area contributed by atoms with Crippen LogP contribution < -0.4 is 11.1 Å². The number of nitrogens with zero attached hydrogens (tertiary/aromatic N) is 2. The van der Waals surface area contributed by atoms with Gasteiger partial charge in [-0.15, -0.1) is 0 Å². The van der Waals surface area contributed by atoms with Gasteiger partial charge in [-0.2, -0.15) is 4.98 Å². The Morgan fingerprint density at radius 2 is 2.00 bits per heavy atom. The third kappa shape index (κ3) is 2.36. The normalized spacial score (nSPS) is 10.4. The van der Waals surface area contributed by atoms with E-state index in [1.807, 2.05) is 0 Å². The van der Waals surface area contributed by atoms with Crippen molar-refractivity contribution < 1.29 is 4.39 Å².